The third-order valence-corrected chi connectivity index (χ3v) is 29.0. The number of ether oxygens (including phenoxy) is 1. The van der Waals surface area contributed by atoms with E-state index in [-0.39, 0.29) is 83.2 Å². The van der Waals surface area contributed by atoms with Gasteiger partial charge in [-0.15, -0.1) is 11.3 Å². The number of carbonyl (C=O) groups is 7. The van der Waals surface area contributed by atoms with Gasteiger partial charge < -0.3 is 41.9 Å². The highest BCUT2D eigenvalue weighted by atomic mass is 32.2. The third kappa shape index (κ3) is 25.4. The van der Waals surface area contributed by atoms with Crippen LogP contribution in [0.3, 0.4) is 0 Å². The summed E-state index contributed by atoms with van der Waals surface area (Å²) in [5.41, 5.74) is 21.8. The number of sulfonamides is 2. The molecule has 1 saturated carbocycles. The predicted octanol–water partition coefficient (Wildman–Crippen LogP) is 17.0. The Morgan fingerprint density at radius 1 is 0.737 bits per heavy atom. The Morgan fingerprint density at radius 2 is 1.42 bits per heavy atom. The van der Waals surface area contributed by atoms with Crippen LogP contribution in [-0.4, -0.2) is 126 Å². The van der Waals surface area contributed by atoms with Gasteiger partial charge in [0.2, 0.25) is 17.7 Å². The number of nitrogen functional groups attached to an aromatic ring is 1. The number of furan rings is 1. The Morgan fingerprint density at radius 3 is 2.06 bits per heavy atom. The molecule has 2 aliphatic carbocycles. The molecule has 0 spiro atoms. The lowest BCUT2D eigenvalue weighted by Crippen LogP contribution is -2.51. The molecule has 9 N–H and O–H groups in total. The average Bonchev–Trinajstić information content (AvgIpc) is 1.58. The van der Waals surface area contributed by atoms with E-state index in [2.05, 4.69) is 109 Å². The minimum Gasteiger partial charge on any atom is -0.497 e. The molecule has 30 nitrogen and oxygen atoms in total. The summed E-state index contributed by atoms with van der Waals surface area (Å²) in [5.74, 6) is -0.671. The Labute approximate surface area is 782 Å². The molecule has 1 fully saturated rings. The van der Waals surface area contributed by atoms with Crippen molar-refractivity contribution in [3.8, 4) is 11.4 Å². The summed E-state index contributed by atoms with van der Waals surface area (Å²) in [7, 11) is -9.82. The van der Waals surface area contributed by atoms with Crippen molar-refractivity contribution in [2.75, 3.05) is 39.6 Å². The van der Waals surface area contributed by atoms with Gasteiger partial charge in [-0.25, -0.2) is 39.2 Å². The van der Waals surface area contributed by atoms with E-state index in [9.17, 15) is 58.8 Å². The van der Waals surface area contributed by atoms with E-state index in [0.29, 0.717) is 62.9 Å². The quantitative estimate of drug-likeness (QED) is 0.0251. The van der Waals surface area contributed by atoms with Gasteiger partial charge >= 0.3 is 0 Å². The second-order valence-electron chi connectivity index (χ2n) is 33.4. The number of carbonyl (C=O) groups excluding carboxylic acids is 7. The number of primary amides is 1. The first-order valence-electron chi connectivity index (χ1n) is 43.2. The molecule has 0 saturated heterocycles. The number of benzene rings is 8. The Hall–Kier alpha value is -13.6. The van der Waals surface area contributed by atoms with Crippen molar-refractivity contribution in [2.24, 2.45) is 11.1 Å². The number of anilines is 5. The van der Waals surface area contributed by atoms with Crippen molar-refractivity contribution in [3.05, 3.63) is 302 Å². The van der Waals surface area contributed by atoms with Gasteiger partial charge in [0.1, 0.15) is 50.4 Å². The highest BCUT2D eigenvalue weighted by molar-refractivity contribution is 7.92. The van der Waals surface area contributed by atoms with Gasteiger partial charge in [-0.2, -0.15) is 9.47 Å². The number of unbranched alkanes of at least 4 members (excludes halogenated alkanes) is 1. The third-order valence-electron chi connectivity index (χ3n) is 22.3. The van der Waals surface area contributed by atoms with Crippen molar-refractivity contribution in [1.82, 2.24) is 44.0 Å². The number of hydrogen-bond acceptors (Lipinski definition) is 23. The molecule has 16 rings (SSSR count). The lowest BCUT2D eigenvalue weighted by atomic mass is 9.74. The van der Waals surface area contributed by atoms with E-state index in [1.807, 2.05) is 111 Å². The first kappa shape index (κ1) is 98.4. The minimum absolute atomic E-state index is 0.0262. The average molecular weight is 1900 g/mol. The fourth-order valence-electron chi connectivity index (χ4n) is 15.5. The molecule has 13 aromatic rings. The largest absolute Gasteiger partial charge is 0.497 e. The molecule has 8 aromatic carbocycles. The van der Waals surface area contributed by atoms with Crippen LogP contribution in [0.4, 0.5) is 28.4 Å². The van der Waals surface area contributed by atoms with Crippen LogP contribution in [0.5, 0.6) is 5.75 Å². The smallest absolute Gasteiger partial charge is 0.272 e. The summed E-state index contributed by atoms with van der Waals surface area (Å²) in [5, 5.41) is 21.0. The van der Waals surface area contributed by atoms with Crippen molar-refractivity contribution >= 4 is 133 Å². The van der Waals surface area contributed by atoms with Crippen LogP contribution >= 0.6 is 22.9 Å². The lowest BCUT2D eigenvalue weighted by Gasteiger charge is -2.36. The topological polar surface area (TPSA) is 432 Å². The molecule has 6 heterocycles. The first-order valence-corrected chi connectivity index (χ1v) is 49.5. The molecular formula is C98H107N15O15S5. The van der Waals surface area contributed by atoms with Gasteiger partial charge in [0.25, 0.3) is 43.7 Å². The molecule has 2 atom stereocenters. The lowest BCUT2D eigenvalue weighted by molar-refractivity contribution is -0.123. The van der Waals surface area contributed by atoms with E-state index in [0.717, 1.165) is 113 Å². The monoisotopic (exact) mass is 1890 g/mol. The van der Waals surface area contributed by atoms with Crippen molar-refractivity contribution in [1.29, 1.82) is 0 Å². The molecule has 133 heavy (non-hydrogen) atoms. The number of nitrogens with one attached hydrogen (secondary N) is 5. The zero-order valence-corrected chi connectivity index (χ0v) is 79.4. The molecular weight excluding hydrogens is 1790 g/mol. The van der Waals surface area contributed by atoms with Crippen LogP contribution in [0.1, 0.15) is 195 Å². The molecule has 1 aliphatic heterocycles. The van der Waals surface area contributed by atoms with Gasteiger partial charge in [-0.1, -0.05) is 151 Å². The van der Waals surface area contributed by atoms with E-state index >= 15 is 0 Å². The first-order chi connectivity index (χ1) is 63.5. The number of fused-ring (bicyclic) bond motifs is 3. The number of hydrogen-bond donors (Lipinski definition) is 7. The van der Waals surface area contributed by atoms with Crippen LogP contribution in [0.25, 0.3) is 16.5 Å². The maximum absolute atomic E-state index is 13.7. The van der Waals surface area contributed by atoms with E-state index in [1.54, 1.807) is 79.6 Å². The van der Waals surface area contributed by atoms with Crippen LogP contribution in [-0.2, 0) is 62.9 Å². The van der Waals surface area contributed by atoms with Crippen LogP contribution in [0, 0.1) is 33.1 Å². The SMILES string of the molecule is CC(C)c1ccc(NC(=O)CN2C(=O)c3ccccc3S2(=O)=O)cc1.CCCCC(C(=O)NC1CCCC1)N(C(=O)c1snc(C(N)=O)c1N)c1ccc(C)cc1.COc1ccc(S(=O)(=O)Nc2ccc(S(=O)(=O)Cc3nccs3)cc2)cc1.Cc1cc(C(=O)Nc2cccc3ccccc23)c(C)o1.Cc1cccc(-n2ncc3c2CC(C)(C)CC3NC(=O)CCc2cnccn2)c1. The summed E-state index contributed by atoms with van der Waals surface area (Å²) in [4.78, 5) is 102. The second kappa shape index (κ2) is 44.1. The molecule has 2 unspecified atom stereocenters. The molecule has 7 amide bonds. The van der Waals surface area contributed by atoms with Gasteiger partial charge in [0.05, 0.1) is 63.0 Å². The number of sulfone groups is 1. The van der Waals surface area contributed by atoms with Gasteiger partial charge in [0, 0.05) is 76.3 Å². The normalized spacial score (nSPS) is 14.3. The number of nitrogens with zero attached hydrogens (tertiary/aromatic N) is 8. The number of thiazole rings is 1. The standard InChI is InChI=1S/C23H31N5O3S.C23H27N5O.C18H18N2O4S.C17H16N2O5S3.C17H15NO2/c1-3-4-9-17(22(30)26-15-7-5-6-8-15)28(16-12-10-14(2)11-13-16)23(31)20-18(24)19(21(25)29)27-32-20;1-16-5-4-6-18(11-16)28-21-13-23(2,3)12-20(19(21)15-26-28)27-22(29)8-7-17-14-24-9-10-25-17;1-12(2)13-7-9-14(10-8-13)19-17(21)11-20-18(22)15-5-3-4-6-16(15)25(20,23)24;1-24-14-4-8-16(9-5-14)27(22,23)19-13-2-6-15(7-3-13)26(20,21)12-17-18-10-11-25-17;1-11-10-15(12(2)20-11)17(19)18-16-9-5-7-13-6-3-4-8-14(13)16/h10-13,15,17H,3-9,24H2,1-2H3,(H2,25,29)(H,26,30);4-6,9-11,14-15,20H,7-8,12-13H2,1-3H3,(H,27,29);3-10,12H,11H2,1-2H3,(H,19,21);2-11,19H,12H2,1H3;3-10H,1-2H3,(H,18,19). The zero-order valence-electron chi connectivity index (χ0n) is 75.3. The minimum atomic E-state index is -3.98. The molecule has 5 aromatic heterocycles. The van der Waals surface area contributed by atoms with E-state index in [4.69, 9.17) is 20.6 Å². The fourth-order valence-corrected chi connectivity index (χ4v) is 21.0. The van der Waals surface area contributed by atoms with Crippen molar-refractivity contribution < 1.29 is 68.0 Å². The maximum atomic E-state index is 13.7. The molecule has 694 valence electrons. The number of rotatable bonds is 27. The van der Waals surface area contributed by atoms with E-state index < -0.39 is 66.1 Å². The summed E-state index contributed by atoms with van der Waals surface area (Å²) < 4.78 is 93.9. The number of methoxy groups -OCH3 is 1. The predicted molar refractivity (Wildman–Crippen MR) is 516 cm³/mol. The molecule has 0 bridgehead atoms. The van der Waals surface area contributed by atoms with Crippen LogP contribution < -0.4 is 47.1 Å². The van der Waals surface area contributed by atoms with Crippen LogP contribution in [0.15, 0.2) is 250 Å². The summed E-state index contributed by atoms with van der Waals surface area (Å²) in [6.45, 7) is 17.8. The Balaban J connectivity index is 0.000000151. The number of aryl methyl sites for hydroxylation is 5. The van der Waals surface area contributed by atoms with Crippen molar-refractivity contribution in [2.45, 2.75) is 177 Å². The fraction of sp³-hybridized carbons (Fsp3) is 0.286. The Bertz CT molecular complexity index is 6660. The number of aromatic nitrogens is 6. The molecule has 3 aliphatic rings. The number of nitrogens with two attached hydrogens (primary N) is 2. The van der Waals surface area contributed by atoms with E-state index in [1.165, 1.54) is 83.1 Å². The highest BCUT2D eigenvalue weighted by Gasteiger charge is 2.43. The maximum Gasteiger partial charge on any atom is 0.272 e. The summed E-state index contributed by atoms with van der Waals surface area (Å²) >= 11 is 2.09. The zero-order chi connectivity index (χ0) is 95.5. The molecule has 35 heteroatoms. The molecule has 0 radical (unpaired) electrons. The summed E-state index contributed by atoms with van der Waals surface area (Å²) in [6.07, 6.45) is 17.6. The highest BCUT2D eigenvalue weighted by Crippen LogP contribution is 2.42. The number of amides is 7. The van der Waals surface area contributed by atoms with Gasteiger partial charge in [-0.3, -0.25) is 53.2 Å². The Kier molecular flexibility index (Phi) is 32.6. The summed E-state index contributed by atoms with van der Waals surface area (Å²) in [6, 6.07) is 55.5. The van der Waals surface area contributed by atoms with Gasteiger partial charge in [0.15, 0.2) is 15.5 Å². The van der Waals surface area contributed by atoms with Crippen molar-refractivity contribution in [3.63, 3.8) is 0 Å². The second-order valence-corrected chi connectivity index (χ2v) is 40.6. The van der Waals surface area contributed by atoms with Crippen LogP contribution in [0.2, 0.25) is 0 Å². The van der Waals surface area contributed by atoms with Gasteiger partial charge in [-0.05, 0) is 215 Å².